The average Bonchev–Trinajstić information content (AvgIpc) is 2.84. The summed E-state index contributed by atoms with van der Waals surface area (Å²) in [5.41, 5.74) is -0.847. The first-order chi connectivity index (χ1) is 16.6. The van der Waals surface area contributed by atoms with E-state index in [9.17, 15) is 35.1 Å². The van der Waals surface area contributed by atoms with Crippen LogP contribution in [0.25, 0.3) is 6.08 Å². The maximum Gasteiger partial charge on any atom is 0.330 e. The van der Waals surface area contributed by atoms with E-state index in [0.29, 0.717) is 5.56 Å². The molecule has 1 aliphatic carbocycles. The van der Waals surface area contributed by atoms with Gasteiger partial charge in [0.1, 0.15) is 36.6 Å². The van der Waals surface area contributed by atoms with Crippen LogP contribution in [0.1, 0.15) is 12.0 Å². The first-order valence-corrected chi connectivity index (χ1v) is 10.8. The molecular weight excluding hydrogens is 464 g/mol. The molecule has 0 bridgehead atoms. The number of hydrogen-bond acceptors (Lipinski definition) is 11. The Labute approximate surface area is 201 Å². The minimum atomic E-state index is -1.63. The number of phenolic OH excluding ortho intramolecular Hbond substituents is 1. The maximum atomic E-state index is 12.1. The average molecular weight is 492 g/mol. The Morgan fingerprint density at radius 3 is 2.54 bits per heavy atom. The van der Waals surface area contributed by atoms with E-state index in [2.05, 4.69) is 0 Å². The predicted octanol–water partition coefficient (Wildman–Crippen LogP) is -0.402. The largest absolute Gasteiger partial charge is 0.504 e. The fourth-order valence-electron chi connectivity index (χ4n) is 3.44. The number of ketones is 1. The molecule has 0 aromatic heterocycles. The van der Waals surface area contributed by atoms with Gasteiger partial charge in [-0.1, -0.05) is 6.07 Å². The van der Waals surface area contributed by atoms with Gasteiger partial charge in [0.15, 0.2) is 23.6 Å². The van der Waals surface area contributed by atoms with E-state index in [0.717, 1.165) is 6.08 Å². The molecular formula is C24H28O11. The molecule has 0 radical (unpaired) electrons. The molecule has 1 aliphatic heterocycles. The fraction of sp³-hybridized carbons (Fsp3) is 0.417. The Bertz CT molecular complexity index is 983. The number of allylic oxidation sites excluding steroid dienone is 2. The molecule has 5 atom stereocenters. The van der Waals surface area contributed by atoms with Crippen molar-refractivity contribution >= 4 is 17.8 Å². The standard InChI is InChI=1S/C24H28O11/c1-32-17-12-14(2-4-16(17)26)3-5-19(27)34-13-18-20(28)21(29)22(30)23(35-18)33-11-10-24(31)8-6-15(25)7-9-24/h2-9,12,18,20-23,26,28-31H,10-11,13H2,1H3/b5-3+. The number of aliphatic hydroxyl groups is 4. The third-order valence-corrected chi connectivity index (χ3v) is 5.53. The highest BCUT2D eigenvalue weighted by Crippen LogP contribution is 2.27. The van der Waals surface area contributed by atoms with E-state index >= 15 is 0 Å². The lowest BCUT2D eigenvalue weighted by Crippen LogP contribution is -2.59. The lowest BCUT2D eigenvalue weighted by Gasteiger charge is -2.40. The van der Waals surface area contributed by atoms with Crippen LogP contribution in [0, 0.1) is 0 Å². The van der Waals surface area contributed by atoms with Gasteiger partial charge in [0.2, 0.25) is 0 Å². The van der Waals surface area contributed by atoms with E-state index in [4.69, 9.17) is 18.9 Å². The Kier molecular flexibility index (Phi) is 8.78. The van der Waals surface area contributed by atoms with Gasteiger partial charge in [-0.05, 0) is 48.1 Å². The van der Waals surface area contributed by atoms with Crippen molar-refractivity contribution in [3.05, 3.63) is 54.1 Å². The van der Waals surface area contributed by atoms with Crippen molar-refractivity contribution in [1.82, 2.24) is 0 Å². The van der Waals surface area contributed by atoms with Crippen LogP contribution in [0.15, 0.2) is 48.6 Å². The molecule has 0 saturated carbocycles. The van der Waals surface area contributed by atoms with E-state index < -0.39 is 48.9 Å². The molecule has 1 heterocycles. The van der Waals surface area contributed by atoms with Crippen LogP contribution in [0.4, 0.5) is 0 Å². The SMILES string of the molecule is COc1cc(/C=C/C(=O)OCC2OC(OCCC3(O)C=CC(=O)C=C3)C(O)C(O)C2O)ccc1O. The number of phenols is 1. The summed E-state index contributed by atoms with van der Waals surface area (Å²) >= 11 is 0. The number of carbonyl (C=O) groups excluding carboxylic acids is 2. The van der Waals surface area contributed by atoms with Gasteiger partial charge in [0.25, 0.3) is 0 Å². The summed E-state index contributed by atoms with van der Waals surface area (Å²) in [4.78, 5) is 23.3. The Morgan fingerprint density at radius 1 is 1.14 bits per heavy atom. The van der Waals surface area contributed by atoms with Crippen molar-refractivity contribution in [3.8, 4) is 11.5 Å². The van der Waals surface area contributed by atoms with Crippen LogP contribution in [0.5, 0.6) is 11.5 Å². The molecule has 1 fully saturated rings. The van der Waals surface area contributed by atoms with Gasteiger partial charge in [-0.15, -0.1) is 0 Å². The highest BCUT2D eigenvalue weighted by molar-refractivity contribution is 6.00. The van der Waals surface area contributed by atoms with Crippen molar-refractivity contribution in [2.24, 2.45) is 0 Å². The van der Waals surface area contributed by atoms with E-state index in [1.54, 1.807) is 6.07 Å². The summed E-state index contributed by atoms with van der Waals surface area (Å²) in [6, 6.07) is 4.48. The quantitative estimate of drug-likeness (QED) is 0.224. The molecule has 0 spiro atoms. The van der Waals surface area contributed by atoms with Crippen LogP contribution in [0.3, 0.4) is 0 Å². The summed E-state index contributed by atoms with van der Waals surface area (Å²) < 4.78 is 21.0. The van der Waals surface area contributed by atoms with Gasteiger partial charge in [-0.2, -0.15) is 0 Å². The van der Waals surface area contributed by atoms with Crippen molar-refractivity contribution in [2.45, 2.75) is 42.7 Å². The number of hydrogen-bond donors (Lipinski definition) is 5. The zero-order valence-electron chi connectivity index (χ0n) is 18.9. The van der Waals surface area contributed by atoms with Gasteiger partial charge in [0, 0.05) is 12.5 Å². The first kappa shape index (κ1) is 26.5. The Balaban J connectivity index is 1.52. The number of rotatable bonds is 9. The van der Waals surface area contributed by atoms with Crippen LogP contribution < -0.4 is 4.74 Å². The second kappa shape index (κ2) is 11.6. The first-order valence-electron chi connectivity index (χ1n) is 10.8. The number of esters is 1. The second-order valence-corrected chi connectivity index (χ2v) is 8.09. The summed E-state index contributed by atoms with van der Waals surface area (Å²) in [5, 5.41) is 50.5. The summed E-state index contributed by atoms with van der Waals surface area (Å²) in [7, 11) is 1.39. The van der Waals surface area contributed by atoms with Crippen molar-refractivity contribution in [1.29, 1.82) is 0 Å². The van der Waals surface area contributed by atoms with E-state index in [1.165, 1.54) is 49.6 Å². The number of aliphatic hydroxyl groups excluding tert-OH is 3. The number of ether oxygens (including phenoxy) is 4. The number of methoxy groups -OCH3 is 1. The molecule has 5 N–H and O–H groups in total. The highest BCUT2D eigenvalue weighted by atomic mass is 16.7. The van der Waals surface area contributed by atoms with Gasteiger partial charge in [-0.25, -0.2) is 4.79 Å². The van der Waals surface area contributed by atoms with Crippen LogP contribution in [-0.4, -0.2) is 93.9 Å². The van der Waals surface area contributed by atoms with E-state index in [-0.39, 0.29) is 30.3 Å². The summed E-state index contributed by atoms with van der Waals surface area (Å²) in [5.74, 6) is -0.842. The number of carbonyl (C=O) groups is 2. The topological polar surface area (TPSA) is 172 Å². The molecule has 35 heavy (non-hydrogen) atoms. The second-order valence-electron chi connectivity index (χ2n) is 8.09. The van der Waals surface area contributed by atoms with Crippen molar-refractivity contribution in [2.75, 3.05) is 20.3 Å². The Morgan fingerprint density at radius 2 is 1.86 bits per heavy atom. The van der Waals surface area contributed by atoms with Crippen molar-refractivity contribution < 1.29 is 54.1 Å². The lowest BCUT2D eigenvalue weighted by molar-refractivity contribution is -0.302. The molecule has 3 rings (SSSR count). The molecule has 11 heteroatoms. The molecule has 5 unspecified atom stereocenters. The molecule has 11 nitrogen and oxygen atoms in total. The molecule has 1 aromatic carbocycles. The minimum Gasteiger partial charge on any atom is -0.504 e. The molecule has 0 amide bonds. The minimum absolute atomic E-state index is 0.0327. The molecule has 2 aliphatic rings. The molecule has 190 valence electrons. The third-order valence-electron chi connectivity index (χ3n) is 5.53. The fourth-order valence-corrected chi connectivity index (χ4v) is 3.44. The monoisotopic (exact) mass is 492 g/mol. The zero-order chi connectivity index (χ0) is 25.6. The van der Waals surface area contributed by atoms with Gasteiger partial charge < -0.3 is 44.5 Å². The molecule has 1 saturated heterocycles. The number of benzene rings is 1. The molecule has 1 aromatic rings. The number of aromatic hydroxyl groups is 1. The van der Waals surface area contributed by atoms with Gasteiger partial charge in [0.05, 0.1) is 13.7 Å². The summed E-state index contributed by atoms with van der Waals surface area (Å²) in [6.45, 7) is -0.556. The third kappa shape index (κ3) is 6.98. The smallest absolute Gasteiger partial charge is 0.330 e. The zero-order valence-corrected chi connectivity index (χ0v) is 18.9. The van der Waals surface area contributed by atoms with Gasteiger partial charge in [-0.3, -0.25) is 4.79 Å². The van der Waals surface area contributed by atoms with Crippen LogP contribution >= 0.6 is 0 Å². The van der Waals surface area contributed by atoms with E-state index in [1.807, 2.05) is 0 Å². The van der Waals surface area contributed by atoms with Gasteiger partial charge >= 0.3 is 5.97 Å². The van der Waals surface area contributed by atoms with Crippen molar-refractivity contribution in [3.63, 3.8) is 0 Å². The summed E-state index contributed by atoms with van der Waals surface area (Å²) in [6.07, 6.45) is 0.343. The lowest BCUT2D eigenvalue weighted by atomic mass is 9.94. The normalized spacial score (nSPS) is 27.8. The van der Waals surface area contributed by atoms with Crippen LogP contribution in [-0.2, 0) is 23.8 Å². The van der Waals surface area contributed by atoms with Crippen LogP contribution in [0.2, 0.25) is 0 Å². The predicted molar refractivity (Wildman–Crippen MR) is 120 cm³/mol. The Hall–Kier alpha value is -3.06. The highest BCUT2D eigenvalue weighted by Gasteiger charge is 2.45. The maximum absolute atomic E-state index is 12.1.